The summed E-state index contributed by atoms with van der Waals surface area (Å²) in [6.45, 7) is 1.89. The van der Waals surface area contributed by atoms with Gasteiger partial charge in [-0.05, 0) is 43.5 Å². The Morgan fingerprint density at radius 2 is 2.29 bits per heavy atom. The van der Waals surface area contributed by atoms with E-state index in [1.807, 2.05) is 6.07 Å². The molecule has 1 aromatic carbocycles. The van der Waals surface area contributed by atoms with Gasteiger partial charge in [0.15, 0.2) is 0 Å². The summed E-state index contributed by atoms with van der Waals surface area (Å²) in [5, 5.41) is 12.7. The van der Waals surface area contributed by atoms with Crippen molar-refractivity contribution < 1.29 is 9.50 Å². The first-order valence-corrected chi connectivity index (χ1v) is 6.33. The fourth-order valence-electron chi connectivity index (χ4n) is 2.61. The summed E-state index contributed by atoms with van der Waals surface area (Å²) < 4.78 is 13.5. The molecule has 2 N–H and O–H groups in total. The molecule has 1 aliphatic rings. The Morgan fingerprint density at radius 1 is 1.47 bits per heavy atom. The van der Waals surface area contributed by atoms with E-state index >= 15 is 0 Å². The fourth-order valence-corrected chi connectivity index (χ4v) is 2.73. The number of benzene rings is 1. The number of hydrogen-bond donors (Lipinski definition) is 2. The van der Waals surface area contributed by atoms with Crippen LogP contribution in [0.5, 0.6) is 0 Å². The van der Waals surface area contributed by atoms with Crippen LogP contribution in [0.2, 0.25) is 5.02 Å². The largest absolute Gasteiger partial charge is 0.396 e. The second-order valence-corrected chi connectivity index (χ2v) is 5.07. The molecule has 2 nitrogen and oxygen atoms in total. The van der Waals surface area contributed by atoms with Gasteiger partial charge in [-0.1, -0.05) is 17.7 Å². The van der Waals surface area contributed by atoms with Gasteiger partial charge in [0.2, 0.25) is 0 Å². The molecule has 0 unspecified atom stereocenters. The molecule has 0 radical (unpaired) electrons. The minimum atomic E-state index is -0.382. The van der Waals surface area contributed by atoms with Crippen LogP contribution in [0.15, 0.2) is 18.2 Å². The van der Waals surface area contributed by atoms with E-state index in [2.05, 4.69) is 5.32 Å². The van der Waals surface area contributed by atoms with Gasteiger partial charge in [0.05, 0.1) is 5.02 Å². The number of piperidine rings is 1. The predicted molar refractivity (Wildman–Crippen MR) is 66.9 cm³/mol. The molecule has 0 aromatic heterocycles. The number of rotatable bonds is 3. The van der Waals surface area contributed by atoms with Gasteiger partial charge >= 0.3 is 0 Å². The van der Waals surface area contributed by atoms with E-state index < -0.39 is 0 Å². The molecule has 94 valence electrons. The summed E-state index contributed by atoms with van der Waals surface area (Å²) in [4.78, 5) is 0. The highest BCUT2D eigenvalue weighted by Gasteiger charge is 2.33. The van der Waals surface area contributed by atoms with Crippen molar-refractivity contribution >= 4 is 11.6 Å². The molecule has 0 saturated carbocycles. The maximum atomic E-state index is 13.5. The standard InChI is InChI=1S/C13H17ClFNO/c14-11-3-2-10(8-12(11)15)13(5-7-17)4-1-6-16-9-13/h2-3,8,16-17H,1,4-7,9H2/t13-/m1/s1. The summed E-state index contributed by atoms with van der Waals surface area (Å²) >= 11 is 5.70. The topological polar surface area (TPSA) is 32.3 Å². The maximum absolute atomic E-state index is 13.5. The first kappa shape index (κ1) is 12.8. The van der Waals surface area contributed by atoms with Crippen LogP contribution < -0.4 is 5.32 Å². The quantitative estimate of drug-likeness (QED) is 0.872. The van der Waals surface area contributed by atoms with E-state index in [1.54, 1.807) is 6.07 Å². The van der Waals surface area contributed by atoms with Gasteiger partial charge in [0.1, 0.15) is 5.82 Å². The number of nitrogens with one attached hydrogen (secondary N) is 1. The summed E-state index contributed by atoms with van der Waals surface area (Å²) in [6.07, 6.45) is 2.67. The SMILES string of the molecule is OCC[C@]1(c2ccc(Cl)c(F)c2)CCCNC1. The van der Waals surface area contributed by atoms with Crippen molar-refractivity contribution in [1.82, 2.24) is 5.32 Å². The number of halogens is 2. The van der Waals surface area contributed by atoms with E-state index in [1.165, 1.54) is 6.07 Å². The lowest BCUT2D eigenvalue weighted by atomic mass is 9.72. The van der Waals surface area contributed by atoms with Crippen LogP contribution in [-0.4, -0.2) is 24.8 Å². The van der Waals surface area contributed by atoms with Crippen LogP contribution in [0.25, 0.3) is 0 Å². The second kappa shape index (κ2) is 5.34. The van der Waals surface area contributed by atoms with E-state index in [0.29, 0.717) is 6.42 Å². The molecular weight excluding hydrogens is 241 g/mol. The zero-order chi connectivity index (χ0) is 12.3. The average molecular weight is 258 g/mol. The third-order valence-corrected chi connectivity index (χ3v) is 3.90. The molecule has 1 aliphatic heterocycles. The van der Waals surface area contributed by atoms with E-state index in [4.69, 9.17) is 11.6 Å². The summed E-state index contributed by atoms with van der Waals surface area (Å²) in [6, 6.07) is 4.97. The van der Waals surface area contributed by atoms with Gasteiger partial charge in [-0.2, -0.15) is 0 Å². The minimum absolute atomic E-state index is 0.117. The lowest BCUT2D eigenvalue weighted by molar-refractivity contribution is 0.207. The third-order valence-electron chi connectivity index (χ3n) is 3.59. The number of aliphatic hydroxyl groups excluding tert-OH is 1. The monoisotopic (exact) mass is 257 g/mol. The average Bonchev–Trinajstić information content (AvgIpc) is 2.34. The Balaban J connectivity index is 2.34. The highest BCUT2D eigenvalue weighted by Crippen LogP contribution is 2.35. The third kappa shape index (κ3) is 2.62. The normalized spacial score (nSPS) is 24.9. The Labute approximate surface area is 106 Å². The molecule has 4 heteroatoms. The van der Waals surface area contributed by atoms with E-state index in [9.17, 15) is 9.50 Å². The Hall–Kier alpha value is -0.640. The zero-order valence-corrected chi connectivity index (χ0v) is 10.4. The van der Waals surface area contributed by atoms with Gasteiger partial charge in [0.25, 0.3) is 0 Å². The van der Waals surface area contributed by atoms with Crippen LogP contribution in [0.4, 0.5) is 4.39 Å². The first-order valence-electron chi connectivity index (χ1n) is 5.95. The van der Waals surface area contributed by atoms with Crippen molar-refractivity contribution in [3.05, 3.63) is 34.6 Å². The molecule has 1 heterocycles. The van der Waals surface area contributed by atoms with Gasteiger partial charge in [-0.25, -0.2) is 4.39 Å². The van der Waals surface area contributed by atoms with Gasteiger partial charge in [0, 0.05) is 18.6 Å². The lowest BCUT2D eigenvalue weighted by Crippen LogP contribution is -2.44. The number of aliphatic hydroxyl groups is 1. The van der Waals surface area contributed by atoms with Crippen molar-refractivity contribution in [3.63, 3.8) is 0 Å². The van der Waals surface area contributed by atoms with Gasteiger partial charge in [-0.3, -0.25) is 0 Å². The Bertz CT molecular complexity index is 385. The Morgan fingerprint density at radius 3 is 2.88 bits per heavy atom. The van der Waals surface area contributed by atoms with E-state index in [0.717, 1.165) is 31.5 Å². The van der Waals surface area contributed by atoms with Crippen molar-refractivity contribution in [3.8, 4) is 0 Å². The minimum Gasteiger partial charge on any atom is -0.396 e. The number of hydrogen-bond acceptors (Lipinski definition) is 2. The first-order chi connectivity index (χ1) is 8.18. The molecule has 1 aromatic rings. The molecule has 0 aliphatic carbocycles. The smallest absolute Gasteiger partial charge is 0.142 e. The summed E-state index contributed by atoms with van der Waals surface area (Å²) in [5.41, 5.74) is 0.777. The highest BCUT2D eigenvalue weighted by molar-refractivity contribution is 6.30. The highest BCUT2D eigenvalue weighted by atomic mass is 35.5. The molecule has 1 fully saturated rings. The summed E-state index contributed by atoms with van der Waals surface area (Å²) in [7, 11) is 0. The van der Waals surface area contributed by atoms with Gasteiger partial charge in [-0.15, -0.1) is 0 Å². The molecule has 1 atom stereocenters. The molecule has 17 heavy (non-hydrogen) atoms. The van der Waals surface area contributed by atoms with Crippen molar-refractivity contribution in [2.75, 3.05) is 19.7 Å². The van der Waals surface area contributed by atoms with Crippen LogP contribution in [-0.2, 0) is 5.41 Å². The van der Waals surface area contributed by atoms with Crippen LogP contribution in [0.3, 0.4) is 0 Å². The van der Waals surface area contributed by atoms with Gasteiger partial charge < -0.3 is 10.4 Å². The van der Waals surface area contributed by atoms with Crippen molar-refractivity contribution in [1.29, 1.82) is 0 Å². The lowest BCUT2D eigenvalue weighted by Gasteiger charge is -2.38. The zero-order valence-electron chi connectivity index (χ0n) is 9.68. The fraction of sp³-hybridized carbons (Fsp3) is 0.538. The van der Waals surface area contributed by atoms with Crippen LogP contribution in [0.1, 0.15) is 24.8 Å². The molecule has 1 saturated heterocycles. The molecule has 0 bridgehead atoms. The molecule has 2 rings (SSSR count). The predicted octanol–water partition coefficient (Wildman–Crippen LogP) is 2.48. The van der Waals surface area contributed by atoms with Crippen molar-refractivity contribution in [2.45, 2.75) is 24.7 Å². The van der Waals surface area contributed by atoms with Crippen molar-refractivity contribution in [2.24, 2.45) is 0 Å². The maximum Gasteiger partial charge on any atom is 0.142 e. The Kier molecular flexibility index (Phi) is 4.02. The van der Waals surface area contributed by atoms with Crippen LogP contribution >= 0.6 is 11.6 Å². The van der Waals surface area contributed by atoms with Crippen LogP contribution in [0, 0.1) is 5.82 Å². The second-order valence-electron chi connectivity index (χ2n) is 4.66. The molecule has 0 amide bonds. The summed E-state index contributed by atoms with van der Waals surface area (Å²) in [5.74, 6) is -0.382. The molecular formula is C13H17ClFNO. The van der Waals surface area contributed by atoms with E-state index in [-0.39, 0.29) is 22.9 Å². The molecule has 0 spiro atoms.